The minimum absolute atomic E-state index is 0.0327. The molecule has 0 saturated carbocycles. The van der Waals surface area contributed by atoms with Crippen LogP contribution >= 0.6 is 23.1 Å². The van der Waals surface area contributed by atoms with Crippen LogP contribution < -0.4 is 10.0 Å². The number of carboxylic acids is 1. The van der Waals surface area contributed by atoms with Gasteiger partial charge in [-0.05, 0) is 6.92 Å². The highest BCUT2D eigenvalue weighted by Crippen LogP contribution is 2.51. The molecule has 3 aliphatic rings. The van der Waals surface area contributed by atoms with E-state index in [1.54, 1.807) is 6.92 Å². The number of aliphatic carboxylic acids is 1. The lowest BCUT2D eigenvalue weighted by Crippen LogP contribution is -2.64. The SMILES string of the molecule is C[C@@H](O)[C@H]1C(=O)N2C(C(=O)[O-])=C(SC3CN(c4nc(CO)cs4)C3)[C@H](C)[C@H]12. The van der Waals surface area contributed by atoms with Crippen molar-refractivity contribution >= 4 is 40.1 Å². The monoisotopic (exact) mass is 410 g/mol. The van der Waals surface area contributed by atoms with Crippen LogP contribution in [0.25, 0.3) is 0 Å². The van der Waals surface area contributed by atoms with Crippen molar-refractivity contribution in [3.63, 3.8) is 0 Å². The lowest BCUT2D eigenvalue weighted by molar-refractivity contribution is -0.301. The molecule has 4 heterocycles. The topological polar surface area (TPSA) is 117 Å². The summed E-state index contributed by atoms with van der Waals surface area (Å²) in [5.74, 6) is -2.38. The van der Waals surface area contributed by atoms with Crippen LogP contribution in [0.15, 0.2) is 16.0 Å². The summed E-state index contributed by atoms with van der Waals surface area (Å²) in [6.07, 6.45) is -0.807. The summed E-state index contributed by atoms with van der Waals surface area (Å²) in [7, 11) is 0. The fourth-order valence-corrected chi connectivity index (χ4v) is 6.38. The van der Waals surface area contributed by atoms with Gasteiger partial charge in [-0.3, -0.25) is 4.79 Å². The van der Waals surface area contributed by atoms with Crippen molar-refractivity contribution in [2.24, 2.45) is 11.8 Å². The zero-order valence-corrected chi connectivity index (χ0v) is 16.5. The first kappa shape index (κ1) is 18.7. The maximum Gasteiger partial charge on any atom is 0.235 e. The summed E-state index contributed by atoms with van der Waals surface area (Å²) in [6, 6.07) is -0.310. The van der Waals surface area contributed by atoms with Crippen molar-refractivity contribution in [2.45, 2.75) is 37.9 Å². The quantitative estimate of drug-likeness (QED) is 0.596. The minimum atomic E-state index is -1.34. The minimum Gasteiger partial charge on any atom is -0.543 e. The Balaban J connectivity index is 1.47. The van der Waals surface area contributed by atoms with Gasteiger partial charge in [-0.1, -0.05) is 6.92 Å². The molecule has 0 aliphatic carbocycles. The second-order valence-electron chi connectivity index (χ2n) is 7.18. The molecule has 2 fully saturated rings. The van der Waals surface area contributed by atoms with E-state index in [1.807, 2.05) is 12.3 Å². The number of carbonyl (C=O) groups excluding carboxylic acids is 2. The van der Waals surface area contributed by atoms with Gasteiger partial charge in [0, 0.05) is 34.5 Å². The second kappa shape index (κ2) is 6.77. The van der Waals surface area contributed by atoms with E-state index in [0.29, 0.717) is 10.6 Å². The number of aliphatic hydroxyl groups is 2. The molecule has 27 heavy (non-hydrogen) atoms. The first-order chi connectivity index (χ1) is 12.8. The molecular formula is C17H20N3O5S2-. The smallest absolute Gasteiger partial charge is 0.235 e. The number of thiazole rings is 1. The number of aromatic nitrogens is 1. The van der Waals surface area contributed by atoms with E-state index in [2.05, 4.69) is 9.88 Å². The molecule has 0 aromatic carbocycles. The van der Waals surface area contributed by atoms with E-state index in [9.17, 15) is 19.8 Å². The van der Waals surface area contributed by atoms with Crippen LogP contribution in [0.4, 0.5) is 5.13 Å². The Hall–Kier alpha value is -1.62. The third-order valence-electron chi connectivity index (χ3n) is 5.42. The van der Waals surface area contributed by atoms with Crippen LogP contribution in [-0.2, 0) is 16.2 Å². The van der Waals surface area contributed by atoms with E-state index in [-0.39, 0.29) is 35.4 Å². The number of aliphatic hydroxyl groups excluding tert-OH is 2. The lowest BCUT2D eigenvalue weighted by atomic mass is 9.79. The lowest BCUT2D eigenvalue weighted by Gasteiger charge is -2.47. The number of fused-ring (bicyclic) bond motifs is 1. The van der Waals surface area contributed by atoms with Crippen molar-refractivity contribution in [2.75, 3.05) is 18.0 Å². The number of hydrogen-bond donors (Lipinski definition) is 2. The van der Waals surface area contributed by atoms with Crippen molar-refractivity contribution in [1.82, 2.24) is 9.88 Å². The van der Waals surface area contributed by atoms with Crippen LogP contribution in [0, 0.1) is 11.8 Å². The van der Waals surface area contributed by atoms with Crippen LogP contribution in [0.5, 0.6) is 0 Å². The summed E-state index contributed by atoms with van der Waals surface area (Å²) in [5.41, 5.74) is 0.610. The van der Waals surface area contributed by atoms with Crippen molar-refractivity contribution in [3.05, 3.63) is 21.7 Å². The normalized spacial score (nSPS) is 28.9. The van der Waals surface area contributed by atoms with Crippen LogP contribution in [0.2, 0.25) is 0 Å². The zero-order valence-electron chi connectivity index (χ0n) is 14.9. The van der Waals surface area contributed by atoms with Crippen LogP contribution in [-0.4, -0.2) is 62.5 Å². The Bertz CT molecular complexity index is 817. The average molecular weight is 410 g/mol. The molecule has 1 aromatic heterocycles. The summed E-state index contributed by atoms with van der Waals surface area (Å²) in [5, 5.41) is 33.5. The predicted octanol–water partition coefficient (Wildman–Crippen LogP) is -0.624. The molecule has 0 radical (unpaired) electrons. The van der Waals surface area contributed by atoms with Gasteiger partial charge < -0.3 is 29.9 Å². The van der Waals surface area contributed by atoms with Gasteiger partial charge in [0.2, 0.25) is 5.91 Å². The van der Waals surface area contributed by atoms with Crippen molar-refractivity contribution in [1.29, 1.82) is 0 Å². The molecule has 4 atom stereocenters. The Morgan fingerprint density at radius 1 is 1.52 bits per heavy atom. The van der Waals surface area contributed by atoms with Gasteiger partial charge in [-0.2, -0.15) is 0 Å². The molecule has 1 aromatic rings. The number of carboxylic acid groups (broad SMARTS) is 1. The number of carbonyl (C=O) groups is 2. The molecule has 4 rings (SSSR count). The first-order valence-corrected chi connectivity index (χ1v) is 10.5. The maximum absolute atomic E-state index is 12.3. The number of β-lactam (4-membered cyclic amide) rings is 1. The highest BCUT2D eigenvalue weighted by Gasteiger charge is 2.59. The first-order valence-electron chi connectivity index (χ1n) is 8.77. The van der Waals surface area contributed by atoms with Gasteiger partial charge in [-0.25, -0.2) is 4.98 Å². The third-order valence-corrected chi connectivity index (χ3v) is 7.82. The largest absolute Gasteiger partial charge is 0.543 e. The Morgan fingerprint density at radius 3 is 2.78 bits per heavy atom. The van der Waals surface area contributed by atoms with Crippen LogP contribution in [0.1, 0.15) is 19.5 Å². The van der Waals surface area contributed by atoms with E-state index < -0.39 is 18.0 Å². The van der Waals surface area contributed by atoms with Gasteiger partial charge in [0.15, 0.2) is 5.13 Å². The summed E-state index contributed by atoms with van der Waals surface area (Å²) in [6.45, 7) is 4.82. The van der Waals surface area contributed by atoms with Gasteiger partial charge >= 0.3 is 0 Å². The molecule has 2 saturated heterocycles. The molecule has 8 nitrogen and oxygen atoms in total. The molecular weight excluding hydrogens is 390 g/mol. The van der Waals surface area contributed by atoms with Crippen molar-refractivity contribution < 1.29 is 24.9 Å². The molecule has 1 amide bonds. The highest BCUT2D eigenvalue weighted by atomic mass is 32.2. The fourth-order valence-electron chi connectivity index (χ4n) is 4.03. The summed E-state index contributed by atoms with van der Waals surface area (Å²) in [4.78, 5) is 32.4. The predicted molar refractivity (Wildman–Crippen MR) is 98.6 cm³/mol. The molecule has 10 heteroatoms. The third kappa shape index (κ3) is 2.86. The molecule has 0 bridgehead atoms. The second-order valence-corrected chi connectivity index (χ2v) is 9.36. The number of amides is 1. The van der Waals surface area contributed by atoms with Gasteiger partial charge in [0.05, 0.1) is 42.0 Å². The fraction of sp³-hybridized carbons (Fsp3) is 0.588. The molecule has 0 unspecified atom stereocenters. The molecule has 3 aliphatic heterocycles. The van der Waals surface area contributed by atoms with Gasteiger partial charge in [-0.15, -0.1) is 23.1 Å². The number of hydrogen-bond acceptors (Lipinski definition) is 9. The van der Waals surface area contributed by atoms with E-state index >= 15 is 0 Å². The van der Waals surface area contributed by atoms with Crippen LogP contribution in [0.3, 0.4) is 0 Å². The standard InChI is InChI=1S/C17H21N3O5S2/c1-7-12-11(8(2)22)15(23)20(12)13(16(24)25)14(7)27-10-3-19(4-10)17-18-9(5-21)6-26-17/h6-8,10-12,21-22H,3-5H2,1-2H3,(H,24,25)/p-1/t7-,8-,11-,12-/m1/s1. The van der Waals surface area contributed by atoms with E-state index in [0.717, 1.165) is 18.2 Å². The number of thioether (sulfide) groups is 1. The Morgan fingerprint density at radius 2 is 2.22 bits per heavy atom. The molecule has 2 N–H and O–H groups in total. The maximum atomic E-state index is 12.3. The van der Waals surface area contributed by atoms with E-state index in [1.165, 1.54) is 28.0 Å². The molecule has 146 valence electrons. The highest BCUT2D eigenvalue weighted by molar-refractivity contribution is 8.03. The van der Waals surface area contributed by atoms with Gasteiger partial charge in [0.25, 0.3) is 0 Å². The zero-order chi connectivity index (χ0) is 19.5. The van der Waals surface area contributed by atoms with Gasteiger partial charge in [0.1, 0.15) is 0 Å². The Kier molecular flexibility index (Phi) is 4.69. The molecule has 0 spiro atoms. The summed E-state index contributed by atoms with van der Waals surface area (Å²) >= 11 is 2.95. The van der Waals surface area contributed by atoms with Crippen molar-refractivity contribution in [3.8, 4) is 0 Å². The Labute approximate surface area is 164 Å². The number of nitrogens with zero attached hydrogens (tertiary/aromatic N) is 3. The number of rotatable bonds is 6. The van der Waals surface area contributed by atoms with E-state index in [4.69, 9.17) is 5.11 Å². The number of anilines is 1. The average Bonchev–Trinajstić information content (AvgIpc) is 3.12. The summed E-state index contributed by atoms with van der Waals surface area (Å²) < 4.78 is 0.